The molecule has 2 aromatic heterocycles. The summed E-state index contributed by atoms with van der Waals surface area (Å²) in [5.41, 5.74) is 2.39. The van der Waals surface area contributed by atoms with Crippen LogP contribution in [0, 0.1) is 12.7 Å². The number of aromatic nitrogens is 3. The first kappa shape index (κ1) is 24.2. The highest BCUT2D eigenvalue weighted by Gasteiger charge is 2.17. The van der Waals surface area contributed by atoms with Gasteiger partial charge in [-0.3, -0.25) is 4.79 Å². The van der Waals surface area contributed by atoms with E-state index in [4.69, 9.17) is 9.47 Å². The number of nitrogens with zero attached hydrogens (tertiary/aromatic N) is 2. The fourth-order valence-electron chi connectivity index (χ4n) is 3.81. The molecule has 1 atom stereocenters. The van der Waals surface area contributed by atoms with Gasteiger partial charge in [-0.25, -0.2) is 14.4 Å². The van der Waals surface area contributed by atoms with E-state index >= 15 is 4.39 Å². The number of aromatic amines is 1. The van der Waals surface area contributed by atoms with Gasteiger partial charge in [0.15, 0.2) is 17.3 Å². The molecule has 2 aromatic carbocycles. The van der Waals surface area contributed by atoms with Crippen LogP contribution >= 0.6 is 0 Å². The van der Waals surface area contributed by atoms with E-state index in [1.54, 1.807) is 30.3 Å². The summed E-state index contributed by atoms with van der Waals surface area (Å²) in [6.45, 7) is 5.46. The average Bonchev–Trinajstić information content (AvgIpc) is 3.19. The second-order valence-corrected chi connectivity index (χ2v) is 8.60. The van der Waals surface area contributed by atoms with Gasteiger partial charge in [0, 0.05) is 34.1 Å². The summed E-state index contributed by atoms with van der Waals surface area (Å²) in [6, 6.07) is 8.52. The van der Waals surface area contributed by atoms with Crippen LogP contribution in [0.5, 0.6) is 11.5 Å². The molecule has 1 amide bonds. The molecule has 9 nitrogen and oxygen atoms in total. The number of aliphatic hydroxyl groups excluding tert-OH is 1. The number of anilines is 2. The van der Waals surface area contributed by atoms with Crippen molar-refractivity contribution in [3.8, 4) is 11.5 Å². The third-order valence-corrected chi connectivity index (χ3v) is 5.35. The number of hydrogen-bond acceptors (Lipinski definition) is 7. The normalized spacial score (nSPS) is 12.2. The number of fused-ring (bicyclic) bond motifs is 2. The van der Waals surface area contributed by atoms with E-state index in [1.165, 1.54) is 13.4 Å². The Balaban J connectivity index is 1.57. The van der Waals surface area contributed by atoms with Crippen LogP contribution in [-0.4, -0.2) is 51.8 Å². The number of nitrogens with one attached hydrogen (secondary N) is 3. The molecule has 0 spiro atoms. The molecule has 0 bridgehead atoms. The molecular formula is C25H28FN5O4. The van der Waals surface area contributed by atoms with Gasteiger partial charge in [0.1, 0.15) is 18.8 Å². The summed E-state index contributed by atoms with van der Waals surface area (Å²) >= 11 is 0. The molecular weight excluding hydrogens is 453 g/mol. The molecule has 1 unspecified atom stereocenters. The van der Waals surface area contributed by atoms with Crippen LogP contribution in [0.3, 0.4) is 0 Å². The maximum Gasteiger partial charge on any atom is 0.222 e. The molecule has 0 aliphatic heterocycles. The molecule has 184 valence electrons. The van der Waals surface area contributed by atoms with Gasteiger partial charge in [-0.05, 0) is 45.0 Å². The number of aryl methyl sites for hydroxylation is 1. The second-order valence-electron chi connectivity index (χ2n) is 8.60. The number of rotatable bonds is 9. The van der Waals surface area contributed by atoms with Gasteiger partial charge in [0.25, 0.3) is 0 Å². The third kappa shape index (κ3) is 5.43. The minimum absolute atomic E-state index is 0.0128. The van der Waals surface area contributed by atoms with E-state index < -0.39 is 6.10 Å². The van der Waals surface area contributed by atoms with Crippen LogP contribution < -0.4 is 20.1 Å². The van der Waals surface area contributed by atoms with Crippen LogP contribution in [0.4, 0.5) is 15.9 Å². The van der Waals surface area contributed by atoms with E-state index in [2.05, 4.69) is 25.6 Å². The standard InChI is InChI=1S/C25H28FN5O4/c1-13(2)29-23(33)8-15(32)11-35-22-10-20-17(9-21(22)34-4)25(28-12-27-20)31-19-6-5-18-16(24(19)26)7-14(3)30-18/h5-7,9-10,12-13,15,30,32H,8,11H2,1-4H3,(H,29,33)(H,27,28,31). The third-order valence-electron chi connectivity index (χ3n) is 5.35. The summed E-state index contributed by atoms with van der Waals surface area (Å²) in [5.74, 6) is 0.483. The Kier molecular flexibility index (Phi) is 7.02. The quantitative estimate of drug-likeness (QED) is 0.285. The Morgan fingerprint density at radius 2 is 1.97 bits per heavy atom. The predicted octanol–water partition coefficient (Wildman–Crippen LogP) is 3.97. The first-order valence-corrected chi connectivity index (χ1v) is 11.2. The van der Waals surface area contributed by atoms with Gasteiger partial charge < -0.3 is 30.2 Å². The first-order chi connectivity index (χ1) is 16.7. The van der Waals surface area contributed by atoms with E-state index in [9.17, 15) is 9.90 Å². The zero-order valence-electron chi connectivity index (χ0n) is 20.0. The Hall–Kier alpha value is -3.92. The van der Waals surface area contributed by atoms with Gasteiger partial charge in [-0.1, -0.05) is 0 Å². The lowest BCUT2D eigenvalue weighted by atomic mass is 10.1. The van der Waals surface area contributed by atoms with Crippen LogP contribution in [0.2, 0.25) is 0 Å². The molecule has 0 aliphatic carbocycles. The van der Waals surface area contributed by atoms with Crippen molar-refractivity contribution in [3.63, 3.8) is 0 Å². The maximum absolute atomic E-state index is 15.1. The molecule has 4 N–H and O–H groups in total. The lowest BCUT2D eigenvalue weighted by Crippen LogP contribution is -2.34. The zero-order valence-corrected chi connectivity index (χ0v) is 20.0. The number of halogens is 1. The summed E-state index contributed by atoms with van der Waals surface area (Å²) in [6.07, 6.45) is 0.288. The first-order valence-electron chi connectivity index (χ1n) is 11.2. The van der Waals surface area contributed by atoms with E-state index in [1.807, 2.05) is 20.8 Å². The number of ether oxygens (including phenoxy) is 2. The number of aliphatic hydroxyl groups is 1. The average molecular weight is 482 g/mol. The largest absolute Gasteiger partial charge is 0.493 e. The second kappa shape index (κ2) is 10.1. The Morgan fingerprint density at radius 3 is 2.71 bits per heavy atom. The minimum atomic E-state index is -0.994. The summed E-state index contributed by atoms with van der Waals surface area (Å²) < 4.78 is 26.3. The van der Waals surface area contributed by atoms with Gasteiger partial charge in [-0.2, -0.15) is 0 Å². The molecule has 0 radical (unpaired) electrons. The number of amides is 1. The fourth-order valence-corrected chi connectivity index (χ4v) is 3.81. The van der Waals surface area contributed by atoms with Crippen molar-refractivity contribution < 1.29 is 23.8 Å². The zero-order chi connectivity index (χ0) is 25.1. The summed E-state index contributed by atoms with van der Waals surface area (Å²) in [4.78, 5) is 23.5. The smallest absolute Gasteiger partial charge is 0.222 e. The predicted molar refractivity (Wildman–Crippen MR) is 132 cm³/mol. The number of H-pyrrole nitrogens is 1. The summed E-state index contributed by atoms with van der Waals surface area (Å²) in [5, 5.41) is 17.0. The van der Waals surface area contributed by atoms with Crippen molar-refractivity contribution in [1.29, 1.82) is 0 Å². The van der Waals surface area contributed by atoms with Crippen molar-refractivity contribution in [3.05, 3.63) is 48.2 Å². The van der Waals surface area contributed by atoms with Gasteiger partial charge >= 0.3 is 0 Å². The van der Waals surface area contributed by atoms with Crippen molar-refractivity contribution in [1.82, 2.24) is 20.3 Å². The highest BCUT2D eigenvalue weighted by Crippen LogP contribution is 2.35. The fraction of sp³-hybridized carbons (Fsp3) is 0.320. The molecule has 10 heteroatoms. The van der Waals surface area contributed by atoms with Gasteiger partial charge in [0.2, 0.25) is 5.91 Å². The maximum atomic E-state index is 15.1. The molecule has 0 saturated heterocycles. The lowest BCUT2D eigenvalue weighted by molar-refractivity contribution is -0.123. The van der Waals surface area contributed by atoms with Crippen LogP contribution in [0.15, 0.2) is 36.7 Å². The highest BCUT2D eigenvalue weighted by molar-refractivity contribution is 5.94. The molecule has 4 aromatic rings. The highest BCUT2D eigenvalue weighted by atomic mass is 19.1. The number of carbonyl (C=O) groups excluding carboxylic acids is 1. The number of hydrogen-bond donors (Lipinski definition) is 4. The molecule has 35 heavy (non-hydrogen) atoms. The molecule has 0 saturated carbocycles. The van der Waals surface area contributed by atoms with E-state index in [-0.39, 0.29) is 36.5 Å². The monoisotopic (exact) mass is 481 g/mol. The molecule has 0 fully saturated rings. The van der Waals surface area contributed by atoms with E-state index in [0.29, 0.717) is 39.1 Å². The van der Waals surface area contributed by atoms with Crippen molar-refractivity contribution in [2.24, 2.45) is 0 Å². The Morgan fingerprint density at radius 1 is 1.17 bits per heavy atom. The lowest BCUT2D eigenvalue weighted by Gasteiger charge is -2.16. The number of benzene rings is 2. The minimum Gasteiger partial charge on any atom is -0.493 e. The van der Waals surface area contributed by atoms with Crippen molar-refractivity contribution in [2.75, 3.05) is 19.0 Å². The summed E-state index contributed by atoms with van der Waals surface area (Å²) in [7, 11) is 1.49. The van der Waals surface area contributed by atoms with Crippen LogP contribution in [0.25, 0.3) is 21.8 Å². The van der Waals surface area contributed by atoms with Gasteiger partial charge in [-0.15, -0.1) is 0 Å². The SMILES string of the molecule is COc1cc2c(Nc3ccc4[nH]c(C)cc4c3F)ncnc2cc1OCC(O)CC(=O)NC(C)C. The number of carbonyl (C=O) groups is 1. The number of methoxy groups -OCH3 is 1. The molecule has 0 aliphatic rings. The van der Waals surface area contributed by atoms with Gasteiger partial charge in [0.05, 0.1) is 30.8 Å². The molecule has 4 rings (SSSR count). The van der Waals surface area contributed by atoms with Crippen LogP contribution in [0.1, 0.15) is 26.0 Å². The van der Waals surface area contributed by atoms with Crippen molar-refractivity contribution in [2.45, 2.75) is 39.3 Å². The van der Waals surface area contributed by atoms with Crippen LogP contribution in [-0.2, 0) is 4.79 Å². The topological polar surface area (TPSA) is 121 Å². The van der Waals surface area contributed by atoms with Crippen molar-refractivity contribution >= 4 is 39.2 Å². The Labute approximate surface area is 201 Å². The Bertz CT molecular complexity index is 1370. The molecule has 2 heterocycles. The van der Waals surface area contributed by atoms with E-state index in [0.717, 1.165) is 5.69 Å².